The van der Waals surface area contributed by atoms with Crippen LogP contribution in [-0.4, -0.2) is 26.4 Å². The number of nitrogens with zero attached hydrogens (tertiary/aromatic N) is 2. The first kappa shape index (κ1) is 20.8. The van der Waals surface area contributed by atoms with Crippen LogP contribution >= 0.6 is 0 Å². The molecule has 0 aliphatic carbocycles. The van der Waals surface area contributed by atoms with Gasteiger partial charge >= 0.3 is 6.36 Å². The van der Waals surface area contributed by atoms with Gasteiger partial charge in [-0.2, -0.15) is 5.26 Å². The van der Waals surface area contributed by atoms with Crippen LogP contribution < -0.4 is 15.0 Å². The highest BCUT2D eigenvalue weighted by Gasteiger charge is 2.32. The van der Waals surface area contributed by atoms with E-state index in [0.29, 0.717) is 5.56 Å². The molecule has 2 aromatic carbocycles. The van der Waals surface area contributed by atoms with Gasteiger partial charge in [-0.05, 0) is 29.8 Å². The van der Waals surface area contributed by atoms with E-state index in [1.54, 1.807) is 18.2 Å². The summed E-state index contributed by atoms with van der Waals surface area (Å²) in [6.07, 6.45) is -3.43. The van der Waals surface area contributed by atoms with Crippen molar-refractivity contribution < 1.29 is 22.7 Å². The average Bonchev–Trinajstić information content (AvgIpc) is 2.64. The summed E-state index contributed by atoms with van der Waals surface area (Å²) < 4.78 is 41.3. The van der Waals surface area contributed by atoms with Crippen LogP contribution in [-0.2, 0) is 11.3 Å². The van der Waals surface area contributed by atoms with E-state index in [4.69, 9.17) is 0 Å². The van der Waals surface area contributed by atoms with E-state index < -0.39 is 18.0 Å². The van der Waals surface area contributed by atoms with E-state index in [-0.39, 0.29) is 17.7 Å². The largest absolute Gasteiger partial charge is 0.573 e. The van der Waals surface area contributed by atoms with Crippen molar-refractivity contribution >= 4 is 17.7 Å². The summed E-state index contributed by atoms with van der Waals surface area (Å²) in [7, 11) is 3.78. The van der Waals surface area contributed by atoms with Crippen molar-refractivity contribution in [2.75, 3.05) is 19.0 Å². The third-order valence-corrected chi connectivity index (χ3v) is 3.72. The molecule has 146 valence electrons. The van der Waals surface area contributed by atoms with E-state index in [9.17, 15) is 23.2 Å². The molecule has 1 amide bonds. The first-order valence-electron chi connectivity index (χ1n) is 8.20. The van der Waals surface area contributed by atoms with Crippen LogP contribution in [0.1, 0.15) is 11.1 Å². The monoisotopic (exact) mass is 389 g/mol. The first-order valence-corrected chi connectivity index (χ1v) is 8.20. The fraction of sp³-hybridized carbons (Fsp3) is 0.200. The molecule has 0 saturated heterocycles. The minimum Gasteiger partial charge on any atom is -0.405 e. The van der Waals surface area contributed by atoms with Gasteiger partial charge in [-0.1, -0.05) is 30.3 Å². The number of nitrogens with one attached hydrogen (secondary N) is 1. The quantitative estimate of drug-likeness (QED) is 0.602. The van der Waals surface area contributed by atoms with Crippen LogP contribution in [0.25, 0.3) is 6.08 Å². The van der Waals surface area contributed by atoms with Crippen molar-refractivity contribution in [1.29, 1.82) is 5.26 Å². The van der Waals surface area contributed by atoms with E-state index >= 15 is 0 Å². The Balaban J connectivity index is 2.10. The van der Waals surface area contributed by atoms with Gasteiger partial charge in [0.2, 0.25) is 0 Å². The second-order valence-electron chi connectivity index (χ2n) is 5.99. The molecular weight excluding hydrogens is 371 g/mol. The topological polar surface area (TPSA) is 65.4 Å². The molecule has 0 saturated carbocycles. The van der Waals surface area contributed by atoms with Crippen molar-refractivity contribution in [3.63, 3.8) is 0 Å². The molecule has 0 aromatic heterocycles. The van der Waals surface area contributed by atoms with Crippen molar-refractivity contribution in [3.8, 4) is 11.8 Å². The molecule has 28 heavy (non-hydrogen) atoms. The Labute approximate surface area is 160 Å². The minimum absolute atomic E-state index is 0.140. The molecule has 0 spiro atoms. The number of benzene rings is 2. The number of para-hydroxylation sites is 1. The number of hydrogen-bond donors (Lipinski definition) is 1. The van der Waals surface area contributed by atoms with Gasteiger partial charge in [0, 0.05) is 31.9 Å². The molecule has 0 atom stereocenters. The average molecular weight is 389 g/mol. The maximum absolute atomic E-state index is 12.5. The van der Waals surface area contributed by atoms with E-state index in [1.165, 1.54) is 24.3 Å². The summed E-state index contributed by atoms with van der Waals surface area (Å²) in [5.41, 5.74) is 1.59. The zero-order valence-electron chi connectivity index (χ0n) is 15.2. The molecule has 0 radical (unpaired) electrons. The number of rotatable bonds is 6. The standard InChI is InChI=1S/C20H18F3N3O2/c1-26(2)17-9-7-14(8-10-17)11-16(12-24)19(27)25-13-15-5-3-4-6-18(15)28-20(21,22)23/h3-11H,13H2,1-2H3,(H,25,27)/b16-11+. The third kappa shape index (κ3) is 6.06. The van der Waals surface area contributed by atoms with Crippen molar-refractivity contribution in [3.05, 3.63) is 65.2 Å². The lowest BCUT2D eigenvalue weighted by Crippen LogP contribution is -2.25. The Bertz CT molecular complexity index is 898. The lowest BCUT2D eigenvalue weighted by atomic mass is 10.1. The SMILES string of the molecule is CN(C)c1ccc(/C=C(\C#N)C(=O)NCc2ccccc2OC(F)(F)F)cc1. The normalized spacial score (nSPS) is 11.5. The second kappa shape index (κ2) is 8.95. The van der Waals surface area contributed by atoms with Crippen LogP contribution in [0, 0.1) is 11.3 Å². The lowest BCUT2D eigenvalue weighted by Gasteiger charge is -2.13. The predicted molar refractivity (Wildman–Crippen MR) is 99.3 cm³/mol. The highest BCUT2D eigenvalue weighted by molar-refractivity contribution is 6.01. The van der Waals surface area contributed by atoms with Crippen LogP contribution in [0.2, 0.25) is 0 Å². The van der Waals surface area contributed by atoms with Gasteiger partial charge in [-0.3, -0.25) is 4.79 Å². The van der Waals surface area contributed by atoms with Crippen molar-refractivity contribution in [2.24, 2.45) is 0 Å². The Morgan fingerprint density at radius 1 is 1.18 bits per heavy atom. The number of amides is 1. The summed E-state index contributed by atoms with van der Waals surface area (Å²) in [6, 6.07) is 14.5. The number of hydrogen-bond acceptors (Lipinski definition) is 4. The van der Waals surface area contributed by atoms with E-state index in [1.807, 2.05) is 31.1 Å². The molecule has 0 aliphatic heterocycles. The molecule has 0 unspecified atom stereocenters. The summed E-state index contributed by atoms with van der Waals surface area (Å²) in [4.78, 5) is 14.2. The van der Waals surface area contributed by atoms with Gasteiger partial charge < -0.3 is 15.0 Å². The zero-order chi connectivity index (χ0) is 20.7. The number of carbonyl (C=O) groups excluding carboxylic acids is 1. The number of ether oxygens (including phenoxy) is 1. The molecular formula is C20H18F3N3O2. The molecule has 0 fully saturated rings. The highest BCUT2D eigenvalue weighted by atomic mass is 19.4. The molecule has 5 nitrogen and oxygen atoms in total. The summed E-state index contributed by atoms with van der Waals surface area (Å²) in [5, 5.41) is 11.7. The van der Waals surface area contributed by atoms with Gasteiger partial charge in [0.1, 0.15) is 17.4 Å². The number of carbonyl (C=O) groups is 1. The Hall–Kier alpha value is -3.47. The van der Waals surface area contributed by atoms with Crippen LogP contribution in [0.5, 0.6) is 5.75 Å². The van der Waals surface area contributed by atoms with Gasteiger partial charge in [-0.15, -0.1) is 13.2 Å². The summed E-state index contributed by atoms with van der Waals surface area (Å²) >= 11 is 0. The Morgan fingerprint density at radius 2 is 1.82 bits per heavy atom. The number of alkyl halides is 3. The zero-order valence-corrected chi connectivity index (χ0v) is 15.2. The molecule has 2 aromatic rings. The molecule has 2 rings (SSSR count). The van der Waals surface area contributed by atoms with Crippen LogP contribution in [0.4, 0.5) is 18.9 Å². The molecule has 0 aliphatic rings. The molecule has 8 heteroatoms. The smallest absolute Gasteiger partial charge is 0.405 e. The minimum atomic E-state index is -4.84. The fourth-order valence-electron chi connectivity index (χ4n) is 2.33. The number of nitriles is 1. The van der Waals surface area contributed by atoms with E-state index in [0.717, 1.165) is 11.8 Å². The summed E-state index contributed by atoms with van der Waals surface area (Å²) in [5.74, 6) is -1.10. The summed E-state index contributed by atoms with van der Waals surface area (Å²) in [6.45, 7) is -0.219. The van der Waals surface area contributed by atoms with E-state index in [2.05, 4.69) is 10.1 Å². The Morgan fingerprint density at radius 3 is 2.39 bits per heavy atom. The highest BCUT2D eigenvalue weighted by Crippen LogP contribution is 2.26. The molecule has 0 bridgehead atoms. The maximum atomic E-state index is 12.5. The second-order valence-corrected chi connectivity index (χ2v) is 5.99. The first-order chi connectivity index (χ1) is 13.2. The lowest BCUT2D eigenvalue weighted by molar-refractivity contribution is -0.274. The van der Waals surface area contributed by atoms with Gasteiger partial charge in [-0.25, -0.2) is 0 Å². The van der Waals surface area contributed by atoms with Crippen molar-refractivity contribution in [1.82, 2.24) is 5.32 Å². The van der Waals surface area contributed by atoms with Gasteiger partial charge in [0.05, 0.1) is 0 Å². The van der Waals surface area contributed by atoms with Gasteiger partial charge in [0.15, 0.2) is 0 Å². The van der Waals surface area contributed by atoms with Crippen molar-refractivity contribution in [2.45, 2.75) is 12.9 Å². The molecule has 0 heterocycles. The fourth-order valence-corrected chi connectivity index (χ4v) is 2.33. The molecule has 1 N–H and O–H groups in total. The van der Waals surface area contributed by atoms with Crippen LogP contribution in [0.3, 0.4) is 0 Å². The number of halogens is 3. The Kier molecular flexibility index (Phi) is 6.66. The van der Waals surface area contributed by atoms with Gasteiger partial charge in [0.25, 0.3) is 5.91 Å². The number of anilines is 1. The predicted octanol–water partition coefficient (Wildman–Crippen LogP) is 3.87. The third-order valence-electron chi connectivity index (χ3n) is 3.72. The maximum Gasteiger partial charge on any atom is 0.573 e. The van der Waals surface area contributed by atoms with Crippen LogP contribution in [0.15, 0.2) is 54.1 Å².